The van der Waals surface area contributed by atoms with Crippen LogP contribution in [0.15, 0.2) is 0 Å². The first-order valence-electron chi connectivity index (χ1n) is 6.95. The van der Waals surface area contributed by atoms with Crippen LogP contribution in [0.1, 0.15) is 44.9 Å². The highest BCUT2D eigenvalue weighted by molar-refractivity contribution is 7.99. The number of nitrogens with two attached hydrogens (primary N) is 1. The SMILES string of the molecule is NC1CC2CCCC(C1)N2C1CCSCC1. The summed E-state index contributed by atoms with van der Waals surface area (Å²) in [7, 11) is 0. The Balaban J connectivity index is 1.72. The van der Waals surface area contributed by atoms with E-state index in [9.17, 15) is 0 Å². The van der Waals surface area contributed by atoms with Crippen LogP contribution in [-0.4, -0.2) is 40.6 Å². The topological polar surface area (TPSA) is 29.3 Å². The van der Waals surface area contributed by atoms with Crippen LogP contribution in [0.25, 0.3) is 0 Å². The Morgan fingerprint density at radius 2 is 1.50 bits per heavy atom. The lowest BCUT2D eigenvalue weighted by Crippen LogP contribution is -2.59. The Kier molecular flexibility index (Phi) is 3.46. The van der Waals surface area contributed by atoms with Gasteiger partial charge in [-0.3, -0.25) is 4.90 Å². The van der Waals surface area contributed by atoms with Gasteiger partial charge in [-0.25, -0.2) is 0 Å². The van der Waals surface area contributed by atoms with E-state index in [-0.39, 0.29) is 0 Å². The Bertz CT molecular complexity index is 219. The van der Waals surface area contributed by atoms with Gasteiger partial charge in [0.1, 0.15) is 0 Å². The molecule has 3 rings (SSSR count). The van der Waals surface area contributed by atoms with Crippen LogP contribution in [0.2, 0.25) is 0 Å². The molecule has 92 valence electrons. The van der Waals surface area contributed by atoms with Gasteiger partial charge >= 0.3 is 0 Å². The molecule has 2 atom stereocenters. The average Bonchev–Trinajstić information content (AvgIpc) is 2.29. The normalized spacial score (nSPS) is 42.2. The molecule has 2 bridgehead atoms. The number of thioether (sulfide) groups is 1. The van der Waals surface area contributed by atoms with Crippen LogP contribution < -0.4 is 5.73 Å². The molecule has 0 aromatic rings. The quantitative estimate of drug-likeness (QED) is 0.762. The second-order valence-electron chi connectivity index (χ2n) is 5.76. The van der Waals surface area contributed by atoms with Crippen molar-refractivity contribution >= 4 is 11.8 Å². The van der Waals surface area contributed by atoms with Crippen molar-refractivity contribution in [3.05, 3.63) is 0 Å². The fourth-order valence-electron chi connectivity index (χ4n) is 4.04. The molecule has 0 aromatic carbocycles. The molecule has 0 amide bonds. The van der Waals surface area contributed by atoms with Crippen LogP contribution in [0.4, 0.5) is 0 Å². The van der Waals surface area contributed by atoms with Gasteiger partial charge in [-0.1, -0.05) is 6.42 Å². The van der Waals surface area contributed by atoms with Crippen molar-refractivity contribution in [3.8, 4) is 0 Å². The number of rotatable bonds is 1. The number of hydrogen-bond donors (Lipinski definition) is 1. The fourth-order valence-corrected chi connectivity index (χ4v) is 5.12. The van der Waals surface area contributed by atoms with Gasteiger partial charge in [0.05, 0.1) is 0 Å². The van der Waals surface area contributed by atoms with Crippen LogP contribution in [-0.2, 0) is 0 Å². The molecule has 3 fully saturated rings. The minimum Gasteiger partial charge on any atom is -0.328 e. The number of piperidine rings is 2. The first kappa shape index (κ1) is 11.4. The van der Waals surface area contributed by atoms with Crippen LogP contribution in [0, 0.1) is 0 Å². The number of hydrogen-bond acceptors (Lipinski definition) is 3. The summed E-state index contributed by atoms with van der Waals surface area (Å²) in [5.41, 5.74) is 6.19. The van der Waals surface area contributed by atoms with Crippen molar-refractivity contribution in [2.24, 2.45) is 5.73 Å². The molecule has 0 aromatic heterocycles. The maximum Gasteiger partial charge on any atom is 0.0117 e. The van der Waals surface area contributed by atoms with Crippen molar-refractivity contribution in [2.75, 3.05) is 11.5 Å². The monoisotopic (exact) mass is 240 g/mol. The molecule has 0 aliphatic carbocycles. The third-order valence-corrected chi connectivity index (χ3v) is 5.73. The van der Waals surface area contributed by atoms with E-state index in [0.717, 1.165) is 18.1 Å². The smallest absolute Gasteiger partial charge is 0.0117 e. The highest BCUT2D eigenvalue weighted by Gasteiger charge is 2.40. The predicted molar refractivity (Wildman–Crippen MR) is 70.8 cm³/mol. The van der Waals surface area contributed by atoms with E-state index < -0.39 is 0 Å². The third-order valence-electron chi connectivity index (χ3n) is 4.68. The minimum atomic E-state index is 0.490. The van der Waals surface area contributed by atoms with Crippen LogP contribution in [0.5, 0.6) is 0 Å². The lowest BCUT2D eigenvalue weighted by atomic mass is 9.80. The first-order chi connectivity index (χ1) is 7.84. The van der Waals surface area contributed by atoms with Crippen molar-refractivity contribution in [3.63, 3.8) is 0 Å². The van der Waals surface area contributed by atoms with E-state index in [1.165, 1.54) is 56.5 Å². The summed E-state index contributed by atoms with van der Waals surface area (Å²) in [6.45, 7) is 0. The van der Waals surface area contributed by atoms with Crippen molar-refractivity contribution in [2.45, 2.75) is 69.1 Å². The predicted octanol–water partition coefficient (Wildman–Crippen LogP) is 2.23. The Hall–Kier alpha value is 0.270. The average molecular weight is 240 g/mol. The van der Waals surface area contributed by atoms with Gasteiger partial charge in [0.15, 0.2) is 0 Å². The number of nitrogens with zero attached hydrogens (tertiary/aromatic N) is 1. The molecular formula is C13H24N2S. The Morgan fingerprint density at radius 3 is 2.12 bits per heavy atom. The van der Waals surface area contributed by atoms with Gasteiger partial charge in [0.25, 0.3) is 0 Å². The molecule has 3 aliphatic heterocycles. The molecule has 0 saturated carbocycles. The van der Waals surface area contributed by atoms with Gasteiger partial charge in [0.2, 0.25) is 0 Å². The van der Waals surface area contributed by atoms with E-state index >= 15 is 0 Å². The van der Waals surface area contributed by atoms with Gasteiger partial charge in [-0.05, 0) is 50.0 Å². The molecular weight excluding hydrogens is 216 g/mol. The molecule has 0 radical (unpaired) electrons. The summed E-state index contributed by atoms with van der Waals surface area (Å²) in [5.74, 6) is 2.76. The summed E-state index contributed by atoms with van der Waals surface area (Å²) < 4.78 is 0. The van der Waals surface area contributed by atoms with E-state index in [2.05, 4.69) is 16.7 Å². The zero-order valence-electron chi connectivity index (χ0n) is 10.1. The van der Waals surface area contributed by atoms with Crippen molar-refractivity contribution < 1.29 is 0 Å². The second kappa shape index (κ2) is 4.87. The van der Waals surface area contributed by atoms with Crippen LogP contribution >= 0.6 is 11.8 Å². The zero-order valence-corrected chi connectivity index (χ0v) is 10.9. The van der Waals surface area contributed by atoms with E-state index in [4.69, 9.17) is 5.73 Å². The van der Waals surface area contributed by atoms with E-state index in [1.54, 1.807) is 0 Å². The van der Waals surface area contributed by atoms with E-state index in [1.807, 2.05) is 0 Å². The molecule has 3 saturated heterocycles. The summed E-state index contributed by atoms with van der Waals surface area (Å²) in [4.78, 5) is 2.90. The van der Waals surface area contributed by atoms with Crippen molar-refractivity contribution in [1.82, 2.24) is 4.90 Å². The molecule has 3 aliphatic rings. The highest BCUT2D eigenvalue weighted by Crippen LogP contribution is 2.38. The summed E-state index contributed by atoms with van der Waals surface area (Å²) in [5, 5.41) is 0. The Labute approximate surface area is 103 Å². The highest BCUT2D eigenvalue weighted by atomic mass is 32.2. The molecule has 2 unspecified atom stereocenters. The second-order valence-corrected chi connectivity index (χ2v) is 6.99. The fraction of sp³-hybridized carbons (Fsp3) is 1.00. The standard InChI is InChI=1S/C13H24N2S/c14-10-8-12-2-1-3-13(9-10)15(12)11-4-6-16-7-5-11/h10-13H,1-9,14H2. The molecule has 16 heavy (non-hydrogen) atoms. The maximum absolute atomic E-state index is 6.19. The molecule has 3 heteroatoms. The van der Waals surface area contributed by atoms with Gasteiger partial charge in [0, 0.05) is 24.2 Å². The van der Waals surface area contributed by atoms with Crippen LogP contribution in [0.3, 0.4) is 0 Å². The number of fused-ring (bicyclic) bond motifs is 2. The third kappa shape index (κ3) is 2.14. The summed E-state index contributed by atoms with van der Waals surface area (Å²) >= 11 is 2.14. The van der Waals surface area contributed by atoms with Gasteiger partial charge in [-0.15, -0.1) is 0 Å². The minimum absolute atomic E-state index is 0.490. The van der Waals surface area contributed by atoms with Gasteiger partial charge in [-0.2, -0.15) is 11.8 Å². The summed E-state index contributed by atoms with van der Waals surface area (Å²) in [6.07, 6.45) is 9.64. The molecule has 0 spiro atoms. The largest absolute Gasteiger partial charge is 0.328 e. The molecule has 2 nitrogen and oxygen atoms in total. The lowest BCUT2D eigenvalue weighted by Gasteiger charge is -2.52. The van der Waals surface area contributed by atoms with E-state index in [0.29, 0.717) is 6.04 Å². The summed E-state index contributed by atoms with van der Waals surface area (Å²) in [6, 6.07) is 3.04. The zero-order chi connectivity index (χ0) is 11.0. The Morgan fingerprint density at radius 1 is 0.875 bits per heavy atom. The van der Waals surface area contributed by atoms with Gasteiger partial charge < -0.3 is 5.73 Å². The molecule has 2 N–H and O–H groups in total. The maximum atomic E-state index is 6.19. The van der Waals surface area contributed by atoms with Crippen molar-refractivity contribution in [1.29, 1.82) is 0 Å². The lowest BCUT2D eigenvalue weighted by molar-refractivity contribution is -0.00799. The molecule has 3 heterocycles. The first-order valence-corrected chi connectivity index (χ1v) is 8.11.